The van der Waals surface area contributed by atoms with E-state index in [0.29, 0.717) is 19.1 Å². The van der Waals surface area contributed by atoms with Crippen LogP contribution >= 0.6 is 0 Å². The molecule has 0 radical (unpaired) electrons. The predicted molar refractivity (Wildman–Crippen MR) is 84.7 cm³/mol. The van der Waals surface area contributed by atoms with Crippen LogP contribution in [0.3, 0.4) is 0 Å². The maximum absolute atomic E-state index is 11.8. The van der Waals surface area contributed by atoms with Crippen molar-refractivity contribution in [3.63, 3.8) is 0 Å². The molecule has 0 saturated carbocycles. The van der Waals surface area contributed by atoms with E-state index in [2.05, 4.69) is 31.3 Å². The highest BCUT2D eigenvalue weighted by molar-refractivity contribution is 5.76. The summed E-state index contributed by atoms with van der Waals surface area (Å²) in [5, 5.41) is 3.08. The number of rotatable bonds is 9. The highest BCUT2D eigenvalue weighted by Crippen LogP contribution is 2.21. The van der Waals surface area contributed by atoms with Crippen LogP contribution in [0.15, 0.2) is 24.3 Å². The van der Waals surface area contributed by atoms with Crippen LogP contribution in [0.5, 0.6) is 5.75 Å². The van der Waals surface area contributed by atoms with Crippen LogP contribution in [-0.4, -0.2) is 31.8 Å². The number of ether oxygens (including phenoxy) is 2. The molecule has 0 aliphatic heterocycles. The molecular formula is C17H27NO3. The van der Waals surface area contributed by atoms with E-state index in [0.717, 1.165) is 12.2 Å². The molecule has 1 N–H and O–H groups in total. The zero-order chi connectivity index (χ0) is 15.7. The molecule has 2 atom stereocenters. The van der Waals surface area contributed by atoms with Gasteiger partial charge in [0.05, 0.1) is 6.61 Å². The molecule has 118 valence electrons. The molecule has 0 spiro atoms. The Kier molecular flexibility index (Phi) is 7.83. The SMILES string of the molecule is CCNC(COc1ccc(C(C)CC)cc1)C(=O)OCC. The van der Waals surface area contributed by atoms with E-state index >= 15 is 0 Å². The van der Waals surface area contributed by atoms with Gasteiger partial charge in [0.25, 0.3) is 0 Å². The van der Waals surface area contributed by atoms with Gasteiger partial charge >= 0.3 is 5.97 Å². The fraction of sp³-hybridized carbons (Fsp3) is 0.588. The summed E-state index contributed by atoms with van der Waals surface area (Å²) in [7, 11) is 0. The average molecular weight is 293 g/mol. The lowest BCUT2D eigenvalue weighted by atomic mass is 9.99. The first-order valence-corrected chi connectivity index (χ1v) is 7.75. The minimum absolute atomic E-state index is 0.268. The Hall–Kier alpha value is -1.55. The maximum Gasteiger partial charge on any atom is 0.326 e. The van der Waals surface area contributed by atoms with Crippen LogP contribution in [0.1, 0.15) is 45.6 Å². The van der Waals surface area contributed by atoms with Crippen molar-refractivity contribution >= 4 is 5.97 Å². The summed E-state index contributed by atoms with van der Waals surface area (Å²) < 4.78 is 10.7. The second kappa shape index (κ2) is 9.40. The standard InChI is InChI=1S/C17H27NO3/c1-5-13(4)14-8-10-15(11-9-14)21-12-16(18-6-2)17(19)20-7-3/h8-11,13,16,18H,5-7,12H2,1-4H3. The number of nitrogens with one attached hydrogen (secondary N) is 1. The van der Waals surface area contributed by atoms with Crippen LogP contribution in [0.25, 0.3) is 0 Å². The lowest BCUT2D eigenvalue weighted by Crippen LogP contribution is -2.42. The number of hydrogen-bond donors (Lipinski definition) is 1. The third kappa shape index (κ3) is 5.76. The summed E-state index contributed by atoms with van der Waals surface area (Å²) in [6.07, 6.45) is 1.12. The Morgan fingerprint density at radius 3 is 2.38 bits per heavy atom. The van der Waals surface area contributed by atoms with Gasteiger partial charge in [0, 0.05) is 0 Å². The monoisotopic (exact) mass is 293 g/mol. The third-order valence-corrected chi connectivity index (χ3v) is 3.50. The van der Waals surface area contributed by atoms with Crippen molar-refractivity contribution in [1.29, 1.82) is 0 Å². The molecule has 0 aliphatic rings. The van der Waals surface area contributed by atoms with Gasteiger partial charge < -0.3 is 14.8 Å². The van der Waals surface area contributed by atoms with E-state index in [1.165, 1.54) is 5.56 Å². The molecule has 21 heavy (non-hydrogen) atoms. The van der Waals surface area contributed by atoms with E-state index in [1.807, 2.05) is 19.1 Å². The van der Waals surface area contributed by atoms with Crippen LogP contribution in [-0.2, 0) is 9.53 Å². The summed E-state index contributed by atoms with van der Waals surface area (Å²) in [6.45, 7) is 9.48. The second-order valence-corrected chi connectivity index (χ2v) is 5.05. The van der Waals surface area contributed by atoms with Crippen LogP contribution < -0.4 is 10.1 Å². The van der Waals surface area contributed by atoms with Crippen LogP contribution in [0.4, 0.5) is 0 Å². The molecule has 4 nitrogen and oxygen atoms in total. The first-order chi connectivity index (χ1) is 10.1. The summed E-state index contributed by atoms with van der Waals surface area (Å²) in [5.74, 6) is 1.05. The van der Waals surface area contributed by atoms with Gasteiger partial charge in [-0.15, -0.1) is 0 Å². The number of hydrogen-bond acceptors (Lipinski definition) is 4. The van der Waals surface area contributed by atoms with Crippen LogP contribution in [0, 0.1) is 0 Å². The molecule has 0 bridgehead atoms. The van der Waals surface area contributed by atoms with E-state index in [4.69, 9.17) is 9.47 Å². The Morgan fingerprint density at radius 2 is 1.86 bits per heavy atom. The fourth-order valence-electron chi connectivity index (χ4n) is 2.01. The van der Waals surface area contributed by atoms with Crippen molar-refractivity contribution in [2.75, 3.05) is 19.8 Å². The molecule has 1 aromatic carbocycles. The van der Waals surface area contributed by atoms with E-state index in [1.54, 1.807) is 6.92 Å². The summed E-state index contributed by atoms with van der Waals surface area (Å²) in [6, 6.07) is 7.64. The van der Waals surface area contributed by atoms with Gasteiger partial charge in [-0.1, -0.05) is 32.9 Å². The third-order valence-electron chi connectivity index (χ3n) is 3.50. The van der Waals surface area contributed by atoms with Gasteiger partial charge in [-0.3, -0.25) is 4.79 Å². The predicted octanol–water partition coefficient (Wildman–Crippen LogP) is 3.12. The smallest absolute Gasteiger partial charge is 0.326 e. The van der Waals surface area contributed by atoms with Crippen molar-refractivity contribution in [3.8, 4) is 5.75 Å². The van der Waals surface area contributed by atoms with Crippen molar-refractivity contribution < 1.29 is 14.3 Å². The molecule has 1 rings (SSSR count). The number of carbonyl (C=O) groups excluding carboxylic acids is 1. The van der Waals surface area contributed by atoms with Crippen molar-refractivity contribution in [3.05, 3.63) is 29.8 Å². The van der Waals surface area contributed by atoms with Crippen molar-refractivity contribution in [2.24, 2.45) is 0 Å². The highest BCUT2D eigenvalue weighted by atomic mass is 16.5. The van der Waals surface area contributed by atoms with Gasteiger partial charge in [0.1, 0.15) is 18.4 Å². The molecular weight excluding hydrogens is 266 g/mol. The van der Waals surface area contributed by atoms with Gasteiger partial charge in [-0.2, -0.15) is 0 Å². The summed E-state index contributed by atoms with van der Waals surface area (Å²) in [5.41, 5.74) is 1.30. The Balaban J connectivity index is 2.57. The van der Waals surface area contributed by atoms with Crippen LogP contribution in [0.2, 0.25) is 0 Å². The quantitative estimate of drug-likeness (QED) is 0.711. The summed E-state index contributed by atoms with van der Waals surface area (Å²) in [4.78, 5) is 11.8. The normalized spacial score (nSPS) is 13.5. The van der Waals surface area contributed by atoms with Gasteiger partial charge in [0.15, 0.2) is 0 Å². The Morgan fingerprint density at radius 1 is 1.19 bits per heavy atom. The van der Waals surface area contributed by atoms with Gasteiger partial charge in [-0.05, 0) is 43.5 Å². The molecule has 0 heterocycles. The molecule has 0 saturated heterocycles. The molecule has 2 unspecified atom stereocenters. The minimum Gasteiger partial charge on any atom is -0.491 e. The molecule has 4 heteroatoms. The lowest BCUT2D eigenvalue weighted by Gasteiger charge is -2.17. The molecule has 1 aromatic rings. The maximum atomic E-state index is 11.8. The fourth-order valence-corrected chi connectivity index (χ4v) is 2.01. The Bertz CT molecular complexity index is 417. The first-order valence-electron chi connectivity index (χ1n) is 7.75. The van der Waals surface area contributed by atoms with Crippen molar-refractivity contribution in [1.82, 2.24) is 5.32 Å². The summed E-state index contributed by atoms with van der Waals surface area (Å²) >= 11 is 0. The second-order valence-electron chi connectivity index (χ2n) is 5.05. The molecule has 0 fully saturated rings. The first kappa shape index (κ1) is 17.5. The number of likely N-dealkylation sites (N-methyl/N-ethyl adjacent to an activating group) is 1. The molecule has 0 amide bonds. The number of benzene rings is 1. The molecule has 0 aromatic heterocycles. The number of esters is 1. The largest absolute Gasteiger partial charge is 0.491 e. The van der Waals surface area contributed by atoms with Gasteiger partial charge in [-0.25, -0.2) is 0 Å². The zero-order valence-electron chi connectivity index (χ0n) is 13.5. The Labute approximate surface area is 127 Å². The lowest BCUT2D eigenvalue weighted by molar-refractivity contribution is -0.146. The number of carbonyl (C=O) groups is 1. The van der Waals surface area contributed by atoms with Crippen molar-refractivity contribution in [2.45, 2.75) is 46.1 Å². The van der Waals surface area contributed by atoms with Gasteiger partial charge in [0.2, 0.25) is 0 Å². The highest BCUT2D eigenvalue weighted by Gasteiger charge is 2.19. The minimum atomic E-state index is -0.427. The average Bonchev–Trinajstić information content (AvgIpc) is 2.51. The molecule has 0 aliphatic carbocycles. The topological polar surface area (TPSA) is 47.6 Å². The van der Waals surface area contributed by atoms with E-state index in [-0.39, 0.29) is 12.6 Å². The zero-order valence-corrected chi connectivity index (χ0v) is 13.5. The van der Waals surface area contributed by atoms with E-state index in [9.17, 15) is 4.79 Å². The van der Waals surface area contributed by atoms with E-state index < -0.39 is 6.04 Å².